The normalized spacial score (nSPS) is 35.7. The van der Waals surface area contributed by atoms with E-state index in [1.807, 2.05) is 12.1 Å². The van der Waals surface area contributed by atoms with Crippen LogP contribution in [0.3, 0.4) is 0 Å². The van der Waals surface area contributed by atoms with E-state index in [1.54, 1.807) is 0 Å². The molecule has 1 aromatic heterocycles. The first-order valence-electron chi connectivity index (χ1n) is 3.22. The van der Waals surface area contributed by atoms with E-state index in [2.05, 4.69) is 38.5 Å². The van der Waals surface area contributed by atoms with Crippen molar-refractivity contribution in [3.8, 4) is 0 Å². The zero-order valence-corrected chi connectivity index (χ0v) is 10.0. The molecule has 1 heterocycles. The molecule has 1 fully saturated rings. The van der Waals surface area contributed by atoms with Gasteiger partial charge in [-0.3, -0.25) is 0 Å². The van der Waals surface area contributed by atoms with Gasteiger partial charge in [-0.2, -0.15) is 0 Å². The number of halogens is 3. The first-order valence-corrected chi connectivity index (χ1v) is 6.07. The second-order valence-corrected chi connectivity index (χ2v) is 6.60. The summed E-state index contributed by atoms with van der Waals surface area (Å²) in [7, 11) is 0. The van der Waals surface area contributed by atoms with Crippen molar-refractivity contribution in [2.24, 2.45) is 0 Å². The quantitative estimate of drug-likeness (QED) is 0.534. The third-order valence-electron chi connectivity index (χ3n) is 1.80. The molecule has 0 aromatic carbocycles. The van der Waals surface area contributed by atoms with Gasteiger partial charge in [0.1, 0.15) is 0 Å². The molecule has 2 rings (SSSR count). The van der Waals surface area contributed by atoms with E-state index in [0.29, 0.717) is 6.42 Å². The van der Waals surface area contributed by atoms with Crippen molar-refractivity contribution in [2.45, 2.75) is 16.0 Å². The number of hydrogen-bond acceptors (Lipinski definition) is 1. The lowest BCUT2D eigenvalue weighted by molar-refractivity contribution is 0.328. The van der Waals surface area contributed by atoms with Gasteiger partial charge in [0.15, 0.2) is 5.67 Å². The molecule has 0 spiro atoms. The van der Waals surface area contributed by atoms with Crippen LogP contribution in [0.25, 0.3) is 0 Å². The Bertz CT molecular complexity index is 288. The average Bonchev–Trinajstić information content (AvgIpc) is 2.44. The van der Waals surface area contributed by atoms with Gasteiger partial charge in [-0.1, -0.05) is 22.6 Å². The molecule has 0 saturated heterocycles. The van der Waals surface area contributed by atoms with Gasteiger partial charge in [-0.15, -0.1) is 11.3 Å². The number of thiophene rings is 1. The predicted octanol–water partition coefficient (Wildman–Crippen LogP) is 3.88. The molecule has 0 amide bonds. The smallest absolute Gasteiger partial charge is 0.158 e. The molecular formula is C7H5BrFIS. The minimum Gasteiger partial charge on any atom is -0.237 e. The Kier molecular flexibility index (Phi) is 2.05. The van der Waals surface area contributed by atoms with Crippen LogP contribution in [0.5, 0.6) is 0 Å². The lowest BCUT2D eigenvalue weighted by Crippen LogP contribution is -1.97. The molecule has 2 atom stereocenters. The summed E-state index contributed by atoms with van der Waals surface area (Å²) >= 11 is 6.98. The van der Waals surface area contributed by atoms with Crippen molar-refractivity contribution in [1.82, 2.24) is 0 Å². The van der Waals surface area contributed by atoms with Crippen LogP contribution in [0, 0.1) is 0 Å². The maximum Gasteiger partial charge on any atom is 0.158 e. The highest BCUT2D eigenvalue weighted by molar-refractivity contribution is 14.1. The summed E-state index contributed by atoms with van der Waals surface area (Å²) in [6.07, 6.45) is 0.681. The maximum absolute atomic E-state index is 13.6. The highest BCUT2D eigenvalue weighted by Gasteiger charge is 2.56. The van der Waals surface area contributed by atoms with E-state index in [9.17, 15) is 4.39 Å². The Balaban J connectivity index is 2.31. The molecule has 2 unspecified atom stereocenters. The van der Waals surface area contributed by atoms with Crippen molar-refractivity contribution in [1.29, 1.82) is 0 Å². The minimum absolute atomic E-state index is 0.186. The van der Waals surface area contributed by atoms with E-state index < -0.39 is 5.67 Å². The first kappa shape index (κ1) is 8.44. The van der Waals surface area contributed by atoms with Crippen LogP contribution in [0.1, 0.15) is 11.3 Å². The van der Waals surface area contributed by atoms with Crippen LogP contribution < -0.4 is 0 Å². The number of rotatable bonds is 1. The van der Waals surface area contributed by atoms with Crippen molar-refractivity contribution < 1.29 is 4.39 Å². The molecule has 0 N–H and O–H groups in total. The van der Waals surface area contributed by atoms with E-state index >= 15 is 0 Å². The predicted molar refractivity (Wildman–Crippen MR) is 57.2 cm³/mol. The zero-order chi connectivity index (χ0) is 8.06. The van der Waals surface area contributed by atoms with Crippen LogP contribution in [0.4, 0.5) is 4.39 Å². The number of alkyl halides is 2. The average molecular weight is 347 g/mol. The Morgan fingerprint density at radius 3 is 2.73 bits per heavy atom. The molecule has 4 heteroatoms. The SMILES string of the molecule is FC1(c2ccc(Br)s2)CC1I. The molecule has 1 aliphatic carbocycles. The van der Waals surface area contributed by atoms with Crippen molar-refractivity contribution >= 4 is 49.9 Å². The van der Waals surface area contributed by atoms with Crippen molar-refractivity contribution in [2.75, 3.05) is 0 Å². The summed E-state index contributed by atoms with van der Waals surface area (Å²) in [6.45, 7) is 0. The summed E-state index contributed by atoms with van der Waals surface area (Å²) in [6, 6.07) is 3.77. The molecular weight excluding hydrogens is 342 g/mol. The van der Waals surface area contributed by atoms with E-state index in [1.165, 1.54) is 11.3 Å². The van der Waals surface area contributed by atoms with Gasteiger partial charge in [0.05, 0.1) is 7.71 Å². The fourth-order valence-electron chi connectivity index (χ4n) is 0.994. The van der Waals surface area contributed by atoms with Crippen LogP contribution >= 0.6 is 49.9 Å². The van der Waals surface area contributed by atoms with Gasteiger partial charge in [-0.25, -0.2) is 4.39 Å². The Labute approximate surface area is 90.5 Å². The van der Waals surface area contributed by atoms with Gasteiger partial charge in [-0.05, 0) is 28.1 Å². The highest BCUT2D eigenvalue weighted by Crippen LogP contribution is 2.56. The summed E-state index contributed by atoms with van der Waals surface area (Å²) in [4.78, 5) is 0.865. The highest BCUT2D eigenvalue weighted by atomic mass is 127. The molecule has 0 radical (unpaired) electrons. The van der Waals surface area contributed by atoms with E-state index in [0.717, 1.165) is 8.66 Å². The summed E-state index contributed by atoms with van der Waals surface area (Å²) in [5.41, 5.74) is -1.00. The standard InChI is InChI=1S/C7H5BrFIS/c8-6-2-1-5(11-6)7(9)3-4(7)10/h1-2,4H,3H2. The molecule has 60 valence electrons. The lowest BCUT2D eigenvalue weighted by atomic mass is 10.3. The lowest BCUT2D eigenvalue weighted by Gasteiger charge is -1.99. The largest absolute Gasteiger partial charge is 0.237 e. The third kappa shape index (κ3) is 1.37. The Morgan fingerprint density at radius 2 is 2.36 bits per heavy atom. The molecule has 11 heavy (non-hydrogen) atoms. The fourth-order valence-corrected chi connectivity index (χ4v) is 3.72. The van der Waals surface area contributed by atoms with Gasteiger partial charge in [0.2, 0.25) is 0 Å². The second-order valence-electron chi connectivity index (χ2n) is 2.64. The molecule has 1 aromatic rings. The monoisotopic (exact) mass is 346 g/mol. The third-order valence-corrected chi connectivity index (χ3v) is 5.00. The molecule has 0 bridgehead atoms. The molecule has 1 saturated carbocycles. The topological polar surface area (TPSA) is 0 Å². The molecule has 1 aliphatic rings. The van der Waals surface area contributed by atoms with Gasteiger partial charge >= 0.3 is 0 Å². The summed E-state index contributed by atoms with van der Waals surface area (Å²) in [5.74, 6) is 0. The van der Waals surface area contributed by atoms with Gasteiger partial charge in [0.25, 0.3) is 0 Å². The van der Waals surface area contributed by atoms with Crippen LogP contribution in [0.15, 0.2) is 15.9 Å². The molecule has 0 aliphatic heterocycles. The van der Waals surface area contributed by atoms with Crippen molar-refractivity contribution in [3.63, 3.8) is 0 Å². The Morgan fingerprint density at radius 1 is 1.73 bits per heavy atom. The minimum atomic E-state index is -1.00. The van der Waals surface area contributed by atoms with Gasteiger partial charge in [0, 0.05) is 11.3 Å². The fraction of sp³-hybridized carbons (Fsp3) is 0.429. The van der Waals surface area contributed by atoms with Crippen LogP contribution in [-0.4, -0.2) is 3.92 Å². The van der Waals surface area contributed by atoms with E-state index in [-0.39, 0.29) is 3.92 Å². The first-order chi connectivity index (χ1) is 5.13. The van der Waals surface area contributed by atoms with E-state index in [4.69, 9.17) is 0 Å². The maximum atomic E-state index is 13.6. The number of hydrogen-bond donors (Lipinski definition) is 0. The van der Waals surface area contributed by atoms with Crippen LogP contribution in [-0.2, 0) is 5.67 Å². The summed E-state index contributed by atoms with van der Waals surface area (Å²) < 4.78 is 14.8. The summed E-state index contributed by atoms with van der Waals surface area (Å²) in [5, 5.41) is 0. The van der Waals surface area contributed by atoms with Crippen molar-refractivity contribution in [3.05, 3.63) is 20.8 Å². The Hall–Kier alpha value is 0.840. The zero-order valence-electron chi connectivity index (χ0n) is 5.48. The van der Waals surface area contributed by atoms with Crippen LogP contribution in [0.2, 0.25) is 0 Å². The second kappa shape index (κ2) is 2.67. The van der Waals surface area contributed by atoms with Gasteiger partial charge < -0.3 is 0 Å². The molecule has 0 nitrogen and oxygen atoms in total.